The number of amides is 1. The van der Waals surface area contributed by atoms with Gasteiger partial charge < -0.3 is 9.88 Å². The Kier molecular flexibility index (Phi) is 5.76. The van der Waals surface area contributed by atoms with Gasteiger partial charge in [-0.1, -0.05) is 26.0 Å². The van der Waals surface area contributed by atoms with Crippen LogP contribution in [0, 0.1) is 12.7 Å². The highest BCUT2D eigenvalue weighted by atomic mass is 19.1. The van der Waals surface area contributed by atoms with Crippen molar-refractivity contribution in [3.8, 4) is 5.69 Å². The average Bonchev–Trinajstić information content (AvgIpc) is 3.07. The summed E-state index contributed by atoms with van der Waals surface area (Å²) in [5.74, 6) is -0.511. The summed E-state index contributed by atoms with van der Waals surface area (Å²) in [6, 6.07) is 14.3. The zero-order chi connectivity index (χ0) is 23.9. The van der Waals surface area contributed by atoms with Gasteiger partial charge in [-0.25, -0.2) is 13.8 Å². The van der Waals surface area contributed by atoms with Crippen molar-refractivity contribution < 1.29 is 9.18 Å². The molecule has 0 spiro atoms. The Bertz CT molecular complexity index is 1460. The first-order chi connectivity index (χ1) is 15.7. The van der Waals surface area contributed by atoms with Crippen LogP contribution in [-0.4, -0.2) is 19.6 Å². The van der Waals surface area contributed by atoms with Crippen LogP contribution in [0.1, 0.15) is 31.0 Å². The molecule has 2 aromatic carbocycles. The number of aryl methyl sites for hydroxylation is 2. The molecular weight excluding hydrogens is 423 g/mol. The lowest BCUT2D eigenvalue weighted by Gasteiger charge is -2.13. The van der Waals surface area contributed by atoms with Crippen LogP contribution in [0.15, 0.2) is 64.2 Å². The van der Waals surface area contributed by atoms with E-state index in [2.05, 4.69) is 19.2 Å². The summed E-state index contributed by atoms with van der Waals surface area (Å²) in [4.78, 5) is 39.4. The molecule has 4 aromatic rings. The number of aromatic nitrogens is 3. The third-order valence-electron chi connectivity index (χ3n) is 5.82. The van der Waals surface area contributed by atoms with Crippen molar-refractivity contribution in [3.05, 3.63) is 92.5 Å². The standard InChI is InChI=1S/C25H25FN4O3/c1-15(2)17-5-9-19(10-6-17)27-22(31)14-29-21-13-16(3)28(4)23(21)24(32)30(25(29)33)20-11-7-18(26)8-12-20/h5-13,15H,14H2,1-4H3,(H,27,31). The van der Waals surface area contributed by atoms with Crippen molar-refractivity contribution in [3.63, 3.8) is 0 Å². The molecule has 1 N–H and O–H groups in total. The first-order valence-electron chi connectivity index (χ1n) is 10.6. The zero-order valence-electron chi connectivity index (χ0n) is 18.9. The van der Waals surface area contributed by atoms with Crippen molar-refractivity contribution in [2.75, 3.05) is 5.32 Å². The quantitative estimate of drug-likeness (QED) is 0.506. The molecule has 0 aliphatic rings. The molecule has 0 bridgehead atoms. The van der Waals surface area contributed by atoms with Gasteiger partial charge in [-0.2, -0.15) is 0 Å². The number of hydrogen-bond acceptors (Lipinski definition) is 3. The van der Waals surface area contributed by atoms with Crippen molar-refractivity contribution in [1.29, 1.82) is 0 Å². The Hall–Kier alpha value is -3.94. The highest BCUT2D eigenvalue weighted by molar-refractivity contribution is 5.91. The maximum atomic E-state index is 13.4. The average molecular weight is 448 g/mol. The molecule has 7 nitrogen and oxygen atoms in total. The predicted octanol–water partition coefficient (Wildman–Crippen LogP) is 3.70. The summed E-state index contributed by atoms with van der Waals surface area (Å²) in [6.07, 6.45) is 0. The number of anilines is 1. The third-order valence-corrected chi connectivity index (χ3v) is 5.82. The largest absolute Gasteiger partial charge is 0.342 e. The molecule has 1 amide bonds. The van der Waals surface area contributed by atoms with E-state index >= 15 is 0 Å². The summed E-state index contributed by atoms with van der Waals surface area (Å²) >= 11 is 0. The van der Waals surface area contributed by atoms with E-state index in [1.165, 1.54) is 28.8 Å². The number of hydrogen-bond donors (Lipinski definition) is 1. The van der Waals surface area contributed by atoms with Crippen LogP contribution in [0.2, 0.25) is 0 Å². The summed E-state index contributed by atoms with van der Waals surface area (Å²) in [7, 11) is 1.72. The normalized spacial score (nSPS) is 11.3. The maximum absolute atomic E-state index is 13.4. The minimum atomic E-state index is -0.671. The summed E-state index contributed by atoms with van der Waals surface area (Å²) in [5, 5.41) is 2.81. The van der Waals surface area contributed by atoms with Crippen molar-refractivity contribution in [1.82, 2.24) is 13.7 Å². The minimum Gasteiger partial charge on any atom is -0.342 e. The van der Waals surface area contributed by atoms with Gasteiger partial charge in [-0.15, -0.1) is 0 Å². The van der Waals surface area contributed by atoms with Gasteiger partial charge in [0.2, 0.25) is 5.91 Å². The van der Waals surface area contributed by atoms with Crippen LogP contribution in [0.5, 0.6) is 0 Å². The number of carbonyl (C=O) groups is 1. The predicted molar refractivity (Wildman–Crippen MR) is 127 cm³/mol. The number of fused-ring (bicyclic) bond motifs is 1. The number of halogens is 1. The number of nitrogens with zero attached hydrogens (tertiary/aromatic N) is 3. The molecule has 2 aromatic heterocycles. The first kappa shape index (κ1) is 22.3. The van der Waals surface area contributed by atoms with Crippen LogP contribution in [0.3, 0.4) is 0 Å². The molecule has 2 heterocycles. The van der Waals surface area contributed by atoms with Gasteiger partial charge in [-0.3, -0.25) is 14.2 Å². The number of benzene rings is 2. The van der Waals surface area contributed by atoms with E-state index in [9.17, 15) is 18.8 Å². The molecule has 0 saturated heterocycles. The van der Waals surface area contributed by atoms with E-state index in [0.29, 0.717) is 17.1 Å². The second kappa shape index (κ2) is 8.54. The van der Waals surface area contributed by atoms with Gasteiger partial charge in [0.15, 0.2) is 0 Å². The van der Waals surface area contributed by atoms with Gasteiger partial charge in [-0.05, 0) is 60.9 Å². The van der Waals surface area contributed by atoms with Crippen LogP contribution >= 0.6 is 0 Å². The fourth-order valence-corrected chi connectivity index (χ4v) is 3.85. The number of carbonyl (C=O) groups excluding carboxylic acids is 1. The number of rotatable bonds is 5. The maximum Gasteiger partial charge on any atom is 0.336 e. The van der Waals surface area contributed by atoms with E-state index in [0.717, 1.165) is 15.8 Å². The van der Waals surface area contributed by atoms with Crippen LogP contribution in [0.25, 0.3) is 16.7 Å². The SMILES string of the molecule is Cc1cc2c(c(=O)n(-c3ccc(F)cc3)c(=O)n2CC(=O)Nc2ccc(C(C)C)cc2)n1C. The molecule has 0 unspecified atom stereocenters. The highest BCUT2D eigenvalue weighted by Crippen LogP contribution is 2.18. The van der Waals surface area contributed by atoms with Crippen molar-refractivity contribution >= 4 is 22.6 Å². The van der Waals surface area contributed by atoms with E-state index in [-0.39, 0.29) is 17.7 Å². The van der Waals surface area contributed by atoms with Crippen molar-refractivity contribution in [2.24, 2.45) is 7.05 Å². The topological polar surface area (TPSA) is 78.0 Å². The summed E-state index contributed by atoms with van der Waals surface area (Å²) in [5.41, 5.74) is 2.21. The second-order valence-electron chi connectivity index (χ2n) is 8.39. The molecule has 0 atom stereocenters. The third kappa shape index (κ3) is 4.11. The number of nitrogens with one attached hydrogen (secondary N) is 1. The van der Waals surface area contributed by atoms with E-state index in [1.54, 1.807) is 17.7 Å². The molecule has 33 heavy (non-hydrogen) atoms. The molecule has 0 aliphatic carbocycles. The van der Waals surface area contributed by atoms with Crippen molar-refractivity contribution in [2.45, 2.75) is 33.2 Å². The lowest BCUT2D eigenvalue weighted by molar-refractivity contribution is -0.116. The van der Waals surface area contributed by atoms with Gasteiger partial charge in [0, 0.05) is 18.4 Å². The lowest BCUT2D eigenvalue weighted by Crippen LogP contribution is -2.41. The Morgan fingerprint density at radius 1 is 1.03 bits per heavy atom. The molecule has 0 aliphatic heterocycles. The first-order valence-corrected chi connectivity index (χ1v) is 10.6. The Labute approximate surface area is 189 Å². The molecule has 0 radical (unpaired) electrons. The van der Waals surface area contributed by atoms with Crippen LogP contribution in [-0.2, 0) is 18.4 Å². The molecule has 0 saturated carbocycles. The van der Waals surface area contributed by atoms with Gasteiger partial charge >= 0.3 is 5.69 Å². The van der Waals surface area contributed by atoms with E-state index < -0.39 is 23.0 Å². The van der Waals surface area contributed by atoms with Gasteiger partial charge in [0.1, 0.15) is 17.9 Å². The highest BCUT2D eigenvalue weighted by Gasteiger charge is 2.20. The Morgan fingerprint density at radius 3 is 2.27 bits per heavy atom. The van der Waals surface area contributed by atoms with E-state index in [4.69, 9.17) is 0 Å². The smallest absolute Gasteiger partial charge is 0.336 e. The zero-order valence-corrected chi connectivity index (χ0v) is 18.9. The van der Waals surface area contributed by atoms with E-state index in [1.807, 2.05) is 31.2 Å². The molecule has 170 valence electrons. The molecular formula is C25H25FN4O3. The second-order valence-corrected chi connectivity index (χ2v) is 8.39. The fourth-order valence-electron chi connectivity index (χ4n) is 3.85. The Balaban J connectivity index is 1.79. The Morgan fingerprint density at radius 2 is 1.67 bits per heavy atom. The van der Waals surface area contributed by atoms with Crippen LogP contribution in [0.4, 0.5) is 10.1 Å². The fraction of sp³-hybridized carbons (Fsp3) is 0.240. The molecule has 4 rings (SSSR count). The summed E-state index contributed by atoms with van der Waals surface area (Å²) < 4.78 is 17.3. The monoisotopic (exact) mass is 448 g/mol. The lowest BCUT2D eigenvalue weighted by atomic mass is 10.0. The summed E-state index contributed by atoms with van der Waals surface area (Å²) in [6.45, 7) is 5.70. The molecule has 0 fully saturated rings. The minimum absolute atomic E-state index is 0.227. The van der Waals surface area contributed by atoms with Crippen LogP contribution < -0.4 is 16.6 Å². The van der Waals surface area contributed by atoms with Gasteiger partial charge in [0.05, 0.1) is 11.2 Å². The van der Waals surface area contributed by atoms with Gasteiger partial charge in [0.25, 0.3) is 5.56 Å². The molecule has 8 heteroatoms.